The van der Waals surface area contributed by atoms with Crippen LogP contribution in [0.3, 0.4) is 0 Å². The molecule has 1 aromatic rings. The van der Waals surface area contributed by atoms with Crippen LogP contribution < -0.4 is 4.57 Å². The van der Waals surface area contributed by atoms with E-state index in [1.54, 1.807) is 5.82 Å². The predicted octanol–water partition coefficient (Wildman–Crippen LogP) is 10.4. The topological polar surface area (TPSA) is 8.81 Å². The number of aryl methyl sites for hydroxylation is 2. The summed E-state index contributed by atoms with van der Waals surface area (Å²) in [5.41, 5.74) is 0. The first kappa shape index (κ1) is 31.2. The molecule has 0 amide bonds. The summed E-state index contributed by atoms with van der Waals surface area (Å²) in [6.07, 6.45) is 38.6. The lowest BCUT2D eigenvalue weighted by Crippen LogP contribution is -2.37. The molecule has 0 fully saturated rings. The Labute approximate surface area is 215 Å². The Morgan fingerprint density at radius 1 is 0.500 bits per heavy atom. The summed E-state index contributed by atoms with van der Waals surface area (Å²) in [5.74, 6) is 1.60. The molecule has 0 saturated heterocycles. The second kappa shape index (κ2) is 23.9. The fourth-order valence-electron chi connectivity index (χ4n) is 5.24. The van der Waals surface area contributed by atoms with Crippen LogP contribution in [0.15, 0.2) is 12.4 Å². The second-order valence-electron chi connectivity index (χ2n) is 10.9. The van der Waals surface area contributed by atoms with E-state index >= 15 is 0 Å². The molecule has 0 aromatic carbocycles. The SMILES string of the molecule is CCCCCCCCCCCCC[n+]1ccn(CCCC)c1CCCCCCCCCCCC. The predicted molar refractivity (Wildman–Crippen MR) is 152 cm³/mol. The van der Waals surface area contributed by atoms with E-state index in [0.29, 0.717) is 0 Å². The van der Waals surface area contributed by atoms with Gasteiger partial charge in [0, 0.05) is 6.42 Å². The van der Waals surface area contributed by atoms with Crippen molar-refractivity contribution in [1.29, 1.82) is 0 Å². The average Bonchev–Trinajstić information content (AvgIpc) is 3.23. The van der Waals surface area contributed by atoms with Crippen molar-refractivity contribution in [3.05, 3.63) is 18.2 Å². The van der Waals surface area contributed by atoms with Crippen LogP contribution in [0.25, 0.3) is 0 Å². The highest BCUT2D eigenvalue weighted by Crippen LogP contribution is 2.14. The first-order valence-corrected chi connectivity index (χ1v) is 15.9. The third-order valence-electron chi connectivity index (χ3n) is 7.60. The number of aromatic nitrogens is 2. The van der Waals surface area contributed by atoms with Crippen LogP contribution in [-0.4, -0.2) is 4.57 Å². The molecule has 34 heavy (non-hydrogen) atoms. The molecule has 2 nitrogen and oxygen atoms in total. The van der Waals surface area contributed by atoms with Gasteiger partial charge in [-0.05, 0) is 25.7 Å². The third-order valence-corrected chi connectivity index (χ3v) is 7.60. The largest absolute Gasteiger partial charge is 0.256 e. The maximum atomic E-state index is 2.59. The highest BCUT2D eigenvalue weighted by Gasteiger charge is 2.16. The normalized spacial score (nSPS) is 11.5. The molecule has 0 aliphatic rings. The maximum absolute atomic E-state index is 2.59. The molecule has 0 aliphatic heterocycles. The van der Waals surface area contributed by atoms with Gasteiger partial charge >= 0.3 is 0 Å². The second-order valence-corrected chi connectivity index (χ2v) is 10.9. The van der Waals surface area contributed by atoms with Gasteiger partial charge in [-0.3, -0.25) is 0 Å². The Hall–Kier alpha value is -0.790. The molecule has 200 valence electrons. The summed E-state index contributed by atoms with van der Waals surface area (Å²) in [7, 11) is 0. The van der Waals surface area contributed by atoms with Crippen molar-refractivity contribution in [3.63, 3.8) is 0 Å². The molecule has 1 aromatic heterocycles. The summed E-state index contributed by atoms with van der Waals surface area (Å²) in [4.78, 5) is 0. The average molecular weight is 476 g/mol. The van der Waals surface area contributed by atoms with Gasteiger partial charge in [0.15, 0.2) is 0 Å². The Morgan fingerprint density at radius 2 is 0.912 bits per heavy atom. The number of imidazole rings is 1. The lowest BCUT2D eigenvalue weighted by atomic mass is 10.1. The van der Waals surface area contributed by atoms with E-state index in [4.69, 9.17) is 0 Å². The summed E-state index contributed by atoms with van der Waals surface area (Å²) >= 11 is 0. The number of hydrogen-bond acceptors (Lipinski definition) is 0. The van der Waals surface area contributed by atoms with Crippen LogP contribution in [-0.2, 0) is 19.5 Å². The fraction of sp³-hybridized carbons (Fsp3) is 0.906. The molecule has 0 spiro atoms. The zero-order valence-corrected chi connectivity index (χ0v) is 23.9. The van der Waals surface area contributed by atoms with E-state index in [1.165, 1.54) is 167 Å². The van der Waals surface area contributed by atoms with E-state index < -0.39 is 0 Å². The zero-order valence-electron chi connectivity index (χ0n) is 23.9. The Morgan fingerprint density at radius 3 is 1.38 bits per heavy atom. The van der Waals surface area contributed by atoms with Gasteiger partial charge in [0.25, 0.3) is 5.82 Å². The molecule has 0 radical (unpaired) electrons. The molecule has 0 atom stereocenters. The molecule has 0 N–H and O–H groups in total. The summed E-state index contributed by atoms with van der Waals surface area (Å²) in [6.45, 7) is 9.35. The smallest absolute Gasteiger partial charge is 0.234 e. The highest BCUT2D eigenvalue weighted by atomic mass is 15.1. The van der Waals surface area contributed by atoms with Gasteiger partial charge in [-0.2, -0.15) is 0 Å². The van der Waals surface area contributed by atoms with Crippen molar-refractivity contribution >= 4 is 0 Å². The monoisotopic (exact) mass is 475 g/mol. The first-order valence-electron chi connectivity index (χ1n) is 15.9. The van der Waals surface area contributed by atoms with Gasteiger partial charge in [-0.25, -0.2) is 9.13 Å². The minimum absolute atomic E-state index is 1.20. The zero-order chi connectivity index (χ0) is 24.5. The van der Waals surface area contributed by atoms with Crippen molar-refractivity contribution in [1.82, 2.24) is 4.57 Å². The minimum atomic E-state index is 1.20. The fourth-order valence-corrected chi connectivity index (χ4v) is 5.24. The lowest BCUT2D eigenvalue weighted by Gasteiger charge is -2.06. The van der Waals surface area contributed by atoms with Crippen molar-refractivity contribution in [2.24, 2.45) is 0 Å². The van der Waals surface area contributed by atoms with Crippen LogP contribution in [0.4, 0.5) is 0 Å². The molecular weight excluding hydrogens is 412 g/mol. The van der Waals surface area contributed by atoms with E-state index in [0.717, 1.165) is 0 Å². The minimum Gasteiger partial charge on any atom is -0.234 e. The Kier molecular flexibility index (Phi) is 22.0. The number of nitrogens with zero attached hydrogens (tertiary/aromatic N) is 2. The number of unbranched alkanes of at least 4 members (excludes halogenated alkanes) is 20. The van der Waals surface area contributed by atoms with Crippen LogP contribution in [0.1, 0.15) is 174 Å². The van der Waals surface area contributed by atoms with Crippen molar-refractivity contribution in [2.75, 3.05) is 0 Å². The number of rotatable bonds is 26. The third kappa shape index (κ3) is 16.8. The lowest BCUT2D eigenvalue weighted by molar-refractivity contribution is -0.704. The summed E-state index contributed by atoms with van der Waals surface area (Å²) < 4.78 is 5.16. The molecule has 0 aliphatic carbocycles. The molecule has 0 bridgehead atoms. The maximum Gasteiger partial charge on any atom is 0.256 e. The van der Waals surface area contributed by atoms with Crippen molar-refractivity contribution < 1.29 is 4.57 Å². The van der Waals surface area contributed by atoms with Crippen molar-refractivity contribution in [2.45, 2.75) is 188 Å². The van der Waals surface area contributed by atoms with Crippen LogP contribution in [0.2, 0.25) is 0 Å². The standard InChI is InChI=1S/C32H63N2/c1-4-7-10-12-14-16-18-20-22-24-26-29-34-31-30-33(28-9-6-3)32(34)27-25-23-21-19-17-15-13-11-8-5-2/h30-31H,4-29H2,1-3H3/q+1. The first-order chi connectivity index (χ1) is 16.8. The summed E-state index contributed by atoms with van der Waals surface area (Å²) in [6, 6.07) is 0. The van der Waals surface area contributed by atoms with Crippen LogP contribution in [0, 0.1) is 0 Å². The molecule has 0 unspecified atom stereocenters. The molecule has 2 heteroatoms. The van der Waals surface area contributed by atoms with Gasteiger partial charge in [0.05, 0.1) is 13.1 Å². The quantitative estimate of drug-likeness (QED) is 0.0930. The van der Waals surface area contributed by atoms with E-state index in [-0.39, 0.29) is 0 Å². The highest BCUT2D eigenvalue weighted by molar-refractivity contribution is 4.84. The number of hydrogen-bond donors (Lipinski definition) is 0. The van der Waals surface area contributed by atoms with Crippen LogP contribution in [0.5, 0.6) is 0 Å². The molecule has 0 saturated carbocycles. The Balaban J connectivity index is 2.20. The van der Waals surface area contributed by atoms with E-state index in [9.17, 15) is 0 Å². The van der Waals surface area contributed by atoms with Crippen LogP contribution >= 0.6 is 0 Å². The van der Waals surface area contributed by atoms with Gasteiger partial charge in [-0.15, -0.1) is 0 Å². The summed E-state index contributed by atoms with van der Waals surface area (Å²) in [5, 5.41) is 0. The molecule has 1 rings (SSSR count). The molecular formula is C32H63N2+. The van der Waals surface area contributed by atoms with Gasteiger partial charge in [-0.1, -0.05) is 143 Å². The van der Waals surface area contributed by atoms with E-state index in [2.05, 4.69) is 42.3 Å². The molecule has 1 heterocycles. The van der Waals surface area contributed by atoms with Gasteiger partial charge < -0.3 is 0 Å². The van der Waals surface area contributed by atoms with Gasteiger partial charge in [0.1, 0.15) is 12.4 Å². The van der Waals surface area contributed by atoms with E-state index in [1.807, 2.05) is 0 Å². The van der Waals surface area contributed by atoms with Gasteiger partial charge in [0.2, 0.25) is 0 Å². The van der Waals surface area contributed by atoms with Crippen molar-refractivity contribution in [3.8, 4) is 0 Å². The Bertz CT molecular complexity index is 533.